The number of carbonyl (C=O) groups excluding carboxylic acids is 1. The Hall–Kier alpha value is -0.410. The predicted molar refractivity (Wildman–Crippen MR) is 61.5 cm³/mol. The van der Waals surface area contributed by atoms with Crippen LogP contribution in [0.15, 0.2) is 0 Å². The lowest BCUT2D eigenvalue weighted by molar-refractivity contribution is -0.302. The van der Waals surface area contributed by atoms with Crippen molar-refractivity contribution in [2.45, 2.75) is 75.3 Å². The Morgan fingerprint density at radius 3 is 2.29 bits per heavy atom. The first kappa shape index (κ1) is 10.5. The van der Waals surface area contributed by atoms with Gasteiger partial charge in [0.05, 0.1) is 11.2 Å². The van der Waals surface area contributed by atoms with E-state index < -0.39 is 0 Å². The fourth-order valence-electron chi connectivity index (χ4n) is 4.44. The minimum Gasteiger partial charge on any atom is -0.346 e. The number of rotatable bonds is 1. The maximum absolute atomic E-state index is 11.4. The van der Waals surface area contributed by atoms with Crippen molar-refractivity contribution in [2.75, 3.05) is 0 Å². The van der Waals surface area contributed by atoms with Gasteiger partial charge in [0.1, 0.15) is 5.78 Å². The highest BCUT2D eigenvalue weighted by atomic mass is 16.7. The van der Waals surface area contributed by atoms with Crippen molar-refractivity contribution in [1.29, 1.82) is 0 Å². The molecule has 1 spiro atoms. The van der Waals surface area contributed by atoms with Crippen molar-refractivity contribution in [3.8, 4) is 0 Å². The first-order chi connectivity index (χ1) is 8.20. The van der Waals surface area contributed by atoms with Gasteiger partial charge < -0.3 is 9.47 Å². The minimum atomic E-state index is 0.0574. The number of ether oxygens (including phenoxy) is 2. The van der Waals surface area contributed by atoms with Crippen molar-refractivity contribution >= 4 is 5.78 Å². The van der Waals surface area contributed by atoms with Crippen LogP contribution in [0.25, 0.3) is 0 Å². The Kier molecular flexibility index (Phi) is 2.06. The zero-order chi connectivity index (χ0) is 11.5. The van der Waals surface area contributed by atoms with Crippen molar-refractivity contribution < 1.29 is 14.3 Å². The van der Waals surface area contributed by atoms with Gasteiger partial charge >= 0.3 is 0 Å². The molecule has 0 radical (unpaired) electrons. The Bertz CT molecular complexity index is 336. The molecule has 0 aromatic carbocycles. The molecule has 3 heteroatoms. The molecule has 17 heavy (non-hydrogen) atoms. The first-order valence-electron chi connectivity index (χ1n) is 7.07. The molecule has 94 valence electrons. The maximum Gasteiger partial charge on any atom is 0.161 e. The summed E-state index contributed by atoms with van der Waals surface area (Å²) in [6, 6.07) is 0. The van der Waals surface area contributed by atoms with E-state index in [2.05, 4.69) is 0 Å². The third-order valence-electron chi connectivity index (χ3n) is 5.58. The molecule has 5 saturated heterocycles. The van der Waals surface area contributed by atoms with E-state index in [9.17, 15) is 4.79 Å². The monoisotopic (exact) mass is 236 g/mol. The van der Waals surface area contributed by atoms with Crippen molar-refractivity contribution in [3.05, 3.63) is 0 Å². The molecule has 5 heterocycles. The normalized spacial score (nSPS) is 49.9. The molecule has 5 aliphatic heterocycles. The van der Waals surface area contributed by atoms with E-state index in [0.717, 1.165) is 44.9 Å². The highest BCUT2D eigenvalue weighted by Crippen LogP contribution is 2.57. The minimum absolute atomic E-state index is 0.0574. The van der Waals surface area contributed by atoms with E-state index in [1.807, 2.05) is 0 Å². The molecule has 2 saturated carbocycles. The van der Waals surface area contributed by atoms with Crippen LogP contribution in [0, 0.1) is 5.92 Å². The lowest BCUT2D eigenvalue weighted by Gasteiger charge is -2.45. The van der Waals surface area contributed by atoms with Gasteiger partial charge in [-0.15, -0.1) is 0 Å². The molecule has 0 N–H and O–H groups in total. The van der Waals surface area contributed by atoms with E-state index in [-0.39, 0.29) is 17.5 Å². The molecule has 1 unspecified atom stereocenters. The number of hydrogen-bond acceptors (Lipinski definition) is 3. The van der Waals surface area contributed by atoms with Gasteiger partial charge in [0.15, 0.2) is 6.29 Å². The average Bonchev–Trinajstić information content (AvgIpc) is 2.69. The van der Waals surface area contributed by atoms with Gasteiger partial charge in [-0.05, 0) is 44.4 Å². The summed E-state index contributed by atoms with van der Waals surface area (Å²) in [5.41, 5.74) is 0.247. The van der Waals surface area contributed by atoms with E-state index in [4.69, 9.17) is 9.47 Å². The summed E-state index contributed by atoms with van der Waals surface area (Å²) in [5, 5.41) is 0. The fourth-order valence-corrected chi connectivity index (χ4v) is 4.44. The molecule has 2 aliphatic carbocycles. The Labute approximate surface area is 102 Å². The number of Topliss-reactive ketones (excluding diaryl/α,β-unsaturated/α-hetero) is 1. The highest BCUT2D eigenvalue weighted by Gasteiger charge is 2.60. The summed E-state index contributed by atoms with van der Waals surface area (Å²) in [6.45, 7) is 0. The fraction of sp³-hybridized carbons (Fsp3) is 0.929. The zero-order valence-corrected chi connectivity index (χ0v) is 10.2. The van der Waals surface area contributed by atoms with E-state index in [1.165, 1.54) is 12.8 Å². The van der Waals surface area contributed by atoms with Gasteiger partial charge in [0.2, 0.25) is 0 Å². The van der Waals surface area contributed by atoms with Gasteiger partial charge in [0, 0.05) is 19.3 Å². The van der Waals surface area contributed by atoms with Crippen LogP contribution in [0.2, 0.25) is 0 Å². The molecule has 7 fully saturated rings. The van der Waals surface area contributed by atoms with Crippen LogP contribution in [0.4, 0.5) is 0 Å². The van der Waals surface area contributed by atoms with Crippen LogP contribution in [0.1, 0.15) is 57.8 Å². The van der Waals surface area contributed by atoms with Crippen LogP contribution < -0.4 is 0 Å². The summed E-state index contributed by atoms with van der Waals surface area (Å²) in [4.78, 5) is 11.4. The highest BCUT2D eigenvalue weighted by molar-refractivity contribution is 5.79. The molecule has 7 rings (SSSR count). The van der Waals surface area contributed by atoms with E-state index >= 15 is 0 Å². The number of hydrogen-bond donors (Lipinski definition) is 0. The number of ketones is 1. The zero-order valence-electron chi connectivity index (χ0n) is 10.2. The quantitative estimate of drug-likeness (QED) is 0.702. The summed E-state index contributed by atoms with van der Waals surface area (Å²) >= 11 is 0. The van der Waals surface area contributed by atoms with Crippen LogP contribution in [0.5, 0.6) is 0 Å². The molecular weight excluding hydrogens is 216 g/mol. The molecule has 3 bridgehead atoms. The lowest BCUT2D eigenvalue weighted by atomic mass is 9.66. The van der Waals surface area contributed by atoms with E-state index in [1.54, 1.807) is 0 Å². The topological polar surface area (TPSA) is 35.5 Å². The molecule has 1 atom stereocenters. The van der Waals surface area contributed by atoms with Gasteiger partial charge in [-0.3, -0.25) is 4.79 Å². The van der Waals surface area contributed by atoms with E-state index in [0.29, 0.717) is 11.7 Å². The van der Waals surface area contributed by atoms with Gasteiger partial charge in [-0.1, -0.05) is 0 Å². The second kappa shape index (κ2) is 3.33. The van der Waals surface area contributed by atoms with Crippen LogP contribution in [0.3, 0.4) is 0 Å². The van der Waals surface area contributed by atoms with Gasteiger partial charge in [-0.25, -0.2) is 0 Å². The van der Waals surface area contributed by atoms with Crippen LogP contribution in [-0.4, -0.2) is 23.3 Å². The predicted octanol–water partition coefficient (Wildman–Crippen LogP) is 2.57. The maximum atomic E-state index is 11.4. The van der Waals surface area contributed by atoms with Crippen molar-refractivity contribution in [3.63, 3.8) is 0 Å². The van der Waals surface area contributed by atoms with Gasteiger partial charge in [-0.2, -0.15) is 0 Å². The first-order valence-corrected chi connectivity index (χ1v) is 7.07. The second-order valence-corrected chi connectivity index (χ2v) is 6.43. The van der Waals surface area contributed by atoms with Gasteiger partial charge in [0.25, 0.3) is 0 Å². The second-order valence-electron chi connectivity index (χ2n) is 6.43. The van der Waals surface area contributed by atoms with Crippen LogP contribution >= 0.6 is 0 Å². The Morgan fingerprint density at radius 1 is 1.00 bits per heavy atom. The third-order valence-corrected chi connectivity index (χ3v) is 5.58. The van der Waals surface area contributed by atoms with Crippen molar-refractivity contribution in [1.82, 2.24) is 0 Å². The molecular formula is C14H20O3. The smallest absolute Gasteiger partial charge is 0.161 e. The Balaban J connectivity index is 1.57. The number of carbonyl (C=O) groups is 1. The summed E-state index contributed by atoms with van der Waals surface area (Å²) in [6.07, 6.45) is 9.46. The molecule has 7 aliphatic rings. The molecule has 0 aromatic heterocycles. The van der Waals surface area contributed by atoms with Crippen LogP contribution in [-0.2, 0) is 14.3 Å². The SMILES string of the molecule is O=C1CCC(C23CCC4(CC2)CC(O4)O3)CC1. The molecule has 3 nitrogen and oxygen atoms in total. The average molecular weight is 236 g/mol. The summed E-state index contributed by atoms with van der Waals surface area (Å²) in [7, 11) is 0. The Morgan fingerprint density at radius 2 is 1.65 bits per heavy atom. The summed E-state index contributed by atoms with van der Waals surface area (Å²) < 4.78 is 12.2. The summed E-state index contributed by atoms with van der Waals surface area (Å²) in [5.74, 6) is 1.04. The standard InChI is InChI=1S/C14H20O3/c15-11-3-1-10(2-4-11)14-7-5-13(6-8-14)9-12(16-13)17-14/h10,12H,1-9H2. The molecule has 0 aromatic rings. The lowest BCUT2D eigenvalue weighted by Crippen LogP contribution is -2.48. The largest absolute Gasteiger partial charge is 0.346 e. The van der Waals surface area contributed by atoms with Crippen molar-refractivity contribution in [2.24, 2.45) is 5.92 Å². The molecule has 0 amide bonds. The third kappa shape index (κ3) is 1.45.